The molecule has 1 aliphatic rings. The summed E-state index contributed by atoms with van der Waals surface area (Å²) in [4.78, 5) is 0. The first-order chi connectivity index (χ1) is 9.72. The van der Waals surface area contributed by atoms with Crippen molar-refractivity contribution in [2.45, 2.75) is 111 Å². The highest BCUT2D eigenvalue weighted by Gasteiger charge is 2.20. The summed E-state index contributed by atoms with van der Waals surface area (Å²) in [6, 6.07) is 0. The number of unbranched alkanes of at least 4 members (excludes halogenated alkanes) is 8. The quantitative estimate of drug-likeness (QED) is 0.289. The molecular formula is C20H40. The molecular weight excluding hydrogens is 240 g/mol. The van der Waals surface area contributed by atoms with Gasteiger partial charge in [-0.15, -0.1) is 0 Å². The van der Waals surface area contributed by atoms with E-state index in [9.17, 15) is 0 Å². The van der Waals surface area contributed by atoms with E-state index < -0.39 is 0 Å². The molecule has 0 aromatic rings. The van der Waals surface area contributed by atoms with Crippen LogP contribution in [0.2, 0.25) is 0 Å². The highest BCUT2D eigenvalue weighted by Crippen LogP contribution is 2.33. The molecule has 0 amide bonds. The first-order valence-electron chi connectivity index (χ1n) is 9.72. The molecule has 20 heavy (non-hydrogen) atoms. The maximum Gasteiger partial charge on any atom is -0.0412 e. The van der Waals surface area contributed by atoms with Gasteiger partial charge in [0.05, 0.1) is 0 Å². The van der Waals surface area contributed by atoms with E-state index in [2.05, 4.69) is 20.8 Å². The predicted molar refractivity (Wildman–Crippen MR) is 92.1 cm³/mol. The van der Waals surface area contributed by atoms with Gasteiger partial charge in [0.15, 0.2) is 0 Å². The molecule has 0 heterocycles. The van der Waals surface area contributed by atoms with E-state index in [1.807, 2.05) is 0 Å². The van der Waals surface area contributed by atoms with E-state index in [0.717, 1.165) is 17.8 Å². The predicted octanol–water partition coefficient (Wildman–Crippen LogP) is 7.37. The zero-order chi connectivity index (χ0) is 14.6. The summed E-state index contributed by atoms with van der Waals surface area (Å²) in [5.74, 6) is 3.02. The normalized spacial score (nSPS) is 27.4. The zero-order valence-electron chi connectivity index (χ0n) is 14.6. The van der Waals surface area contributed by atoms with E-state index in [-0.39, 0.29) is 0 Å². The van der Waals surface area contributed by atoms with Gasteiger partial charge in [-0.25, -0.2) is 0 Å². The lowest BCUT2D eigenvalue weighted by Gasteiger charge is -2.16. The minimum atomic E-state index is 0.982. The van der Waals surface area contributed by atoms with Crippen molar-refractivity contribution in [3.05, 3.63) is 0 Å². The van der Waals surface area contributed by atoms with Crippen LogP contribution in [0.1, 0.15) is 111 Å². The molecule has 1 rings (SSSR count). The molecule has 0 nitrogen and oxygen atoms in total. The molecule has 0 bridgehead atoms. The van der Waals surface area contributed by atoms with Crippen LogP contribution in [0.5, 0.6) is 0 Å². The molecule has 0 aromatic carbocycles. The second kappa shape index (κ2) is 11.6. The van der Waals surface area contributed by atoms with Crippen molar-refractivity contribution in [2.75, 3.05) is 0 Å². The van der Waals surface area contributed by atoms with Crippen LogP contribution in [-0.2, 0) is 0 Å². The number of hydrogen-bond acceptors (Lipinski definition) is 0. The monoisotopic (exact) mass is 280 g/mol. The largest absolute Gasteiger partial charge is 0.0654 e. The van der Waals surface area contributed by atoms with Crippen LogP contribution in [0.4, 0.5) is 0 Å². The van der Waals surface area contributed by atoms with Crippen LogP contribution in [0, 0.1) is 17.8 Å². The van der Waals surface area contributed by atoms with E-state index >= 15 is 0 Å². The zero-order valence-corrected chi connectivity index (χ0v) is 14.6. The lowest BCUT2D eigenvalue weighted by Crippen LogP contribution is -2.03. The van der Waals surface area contributed by atoms with Crippen LogP contribution < -0.4 is 0 Å². The maximum absolute atomic E-state index is 2.48. The third-order valence-corrected chi connectivity index (χ3v) is 5.32. The molecule has 3 atom stereocenters. The minimum absolute atomic E-state index is 0.982. The Kier molecular flexibility index (Phi) is 10.5. The van der Waals surface area contributed by atoms with Gasteiger partial charge in [-0.1, -0.05) is 97.8 Å². The molecule has 1 fully saturated rings. The summed E-state index contributed by atoms with van der Waals surface area (Å²) in [6.45, 7) is 7.23. The fourth-order valence-corrected chi connectivity index (χ4v) is 4.11. The van der Waals surface area contributed by atoms with Gasteiger partial charge in [0.1, 0.15) is 0 Å². The highest BCUT2D eigenvalue weighted by molar-refractivity contribution is 4.72. The molecule has 1 saturated carbocycles. The van der Waals surface area contributed by atoms with Crippen LogP contribution >= 0.6 is 0 Å². The number of hydrogen-bond donors (Lipinski definition) is 0. The lowest BCUT2D eigenvalue weighted by atomic mass is 9.90. The van der Waals surface area contributed by atoms with Crippen molar-refractivity contribution in [2.24, 2.45) is 17.8 Å². The third-order valence-electron chi connectivity index (χ3n) is 5.32. The molecule has 0 heteroatoms. The van der Waals surface area contributed by atoms with Crippen LogP contribution in [-0.4, -0.2) is 0 Å². The molecule has 120 valence electrons. The van der Waals surface area contributed by atoms with Crippen molar-refractivity contribution in [1.82, 2.24) is 0 Å². The topological polar surface area (TPSA) is 0 Å². The van der Waals surface area contributed by atoms with Gasteiger partial charge in [0, 0.05) is 0 Å². The molecule has 0 spiro atoms. The van der Waals surface area contributed by atoms with Gasteiger partial charge in [-0.3, -0.25) is 0 Å². The van der Waals surface area contributed by atoms with E-state index in [1.54, 1.807) is 0 Å². The Balaban J connectivity index is 1.93. The molecule has 0 saturated heterocycles. The fraction of sp³-hybridized carbons (Fsp3) is 1.00. The van der Waals surface area contributed by atoms with Crippen molar-refractivity contribution < 1.29 is 0 Å². The van der Waals surface area contributed by atoms with Crippen molar-refractivity contribution >= 4 is 0 Å². The third kappa shape index (κ3) is 9.03. The molecule has 3 unspecified atom stereocenters. The molecule has 0 aliphatic heterocycles. The Bertz CT molecular complexity index is 208. The number of rotatable bonds is 10. The Morgan fingerprint density at radius 1 is 0.650 bits per heavy atom. The average Bonchev–Trinajstić information content (AvgIpc) is 2.57. The average molecular weight is 281 g/mol. The van der Waals surface area contributed by atoms with Crippen LogP contribution in [0.15, 0.2) is 0 Å². The Morgan fingerprint density at radius 2 is 1.25 bits per heavy atom. The van der Waals surface area contributed by atoms with Gasteiger partial charge < -0.3 is 0 Å². The fourth-order valence-electron chi connectivity index (χ4n) is 4.11. The molecule has 0 N–H and O–H groups in total. The molecule has 0 radical (unpaired) electrons. The second-order valence-electron chi connectivity index (χ2n) is 7.74. The van der Waals surface area contributed by atoms with Gasteiger partial charge in [0.2, 0.25) is 0 Å². The summed E-state index contributed by atoms with van der Waals surface area (Å²) in [6.07, 6.45) is 20.7. The van der Waals surface area contributed by atoms with Crippen molar-refractivity contribution in [1.29, 1.82) is 0 Å². The van der Waals surface area contributed by atoms with Crippen molar-refractivity contribution in [3.63, 3.8) is 0 Å². The van der Waals surface area contributed by atoms with Gasteiger partial charge in [-0.05, 0) is 30.6 Å². The SMILES string of the molecule is CCCCCCCCCCCC1CCC(C)CC(C)C1. The summed E-state index contributed by atoms with van der Waals surface area (Å²) in [5, 5.41) is 0. The second-order valence-corrected chi connectivity index (χ2v) is 7.74. The van der Waals surface area contributed by atoms with Crippen molar-refractivity contribution in [3.8, 4) is 0 Å². The highest BCUT2D eigenvalue weighted by atomic mass is 14.3. The minimum Gasteiger partial charge on any atom is -0.0654 e. The summed E-state index contributed by atoms with van der Waals surface area (Å²) in [5.41, 5.74) is 0. The van der Waals surface area contributed by atoms with E-state index in [1.165, 1.54) is 89.9 Å². The Morgan fingerprint density at radius 3 is 1.90 bits per heavy atom. The smallest absolute Gasteiger partial charge is 0.0412 e. The first-order valence-corrected chi connectivity index (χ1v) is 9.72. The van der Waals surface area contributed by atoms with Crippen LogP contribution in [0.25, 0.3) is 0 Å². The summed E-state index contributed by atoms with van der Waals surface area (Å²) < 4.78 is 0. The molecule has 1 aliphatic carbocycles. The summed E-state index contributed by atoms with van der Waals surface area (Å²) in [7, 11) is 0. The van der Waals surface area contributed by atoms with E-state index in [0.29, 0.717) is 0 Å². The van der Waals surface area contributed by atoms with Gasteiger partial charge in [-0.2, -0.15) is 0 Å². The first kappa shape index (κ1) is 18.1. The maximum atomic E-state index is 2.48. The standard InChI is InChI=1S/C20H40/c1-4-5-6-7-8-9-10-11-12-13-20-15-14-18(2)16-19(3)17-20/h18-20H,4-17H2,1-3H3. The Labute approximate surface area is 129 Å². The van der Waals surface area contributed by atoms with Crippen LogP contribution in [0.3, 0.4) is 0 Å². The van der Waals surface area contributed by atoms with Gasteiger partial charge >= 0.3 is 0 Å². The summed E-state index contributed by atoms with van der Waals surface area (Å²) >= 11 is 0. The lowest BCUT2D eigenvalue weighted by molar-refractivity contribution is 0.359. The van der Waals surface area contributed by atoms with Gasteiger partial charge in [0.25, 0.3) is 0 Å². The Hall–Kier alpha value is 0. The van der Waals surface area contributed by atoms with E-state index in [4.69, 9.17) is 0 Å². The molecule has 0 aromatic heterocycles.